The fraction of sp³-hybridized carbons (Fsp3) is 0.176. The molecule has 0 radical (unpaired) electrons. The highest BCUT2D eigenvalue weighted by molar-refractivity contribution is 7.92. The summed E-state index contributed by atoms with van der Waals surface area (Å²) in [7, 11) is -2.33. The Labute approximate surface area is 141 Å². The number of nitrogens with one attached hydrogen (secondary N) is 1. The van der Waals surface area contributed by atoms with E-state index in [1.165, 1.54) is 13.1 Å². The largest absolute Gasteiger partial charge is 0.310 e. The predicted octanol–water partition coefficient (Wildman–Crippen LogP) is 2.26. The molecule has 0 atom stereocenters. The summed E-state index contributed by atoms with van der Waals surface area (Å²) in [6.45, 7) is 1.58. The number of sulfonamides is 1. The Balaban J connectivity index is 1.98. The van der Waals surface area contributed by atoms with Crippen LogP contribution >= 0.6 is 0 Å². The van der Waals surface area contributed by atoms with Crippen molar-refractivity contribution in [2.24, 2.45) is 0 Å². The minimum Gasteiger partial charge on any atom is -0.310 e. The molecular weight excluding hydrogens is 326 g/mol. The monoisotopic (exact) mass is 345 g/mol. The molecular formula is C17H19N3O3S. The minimum atomic E-state index is -3.68. The number of amides is 1. The molecule has 0 unspecified atom stereocenters. The summed E-state index contributed by atoms with van der Waals surface area (Å²) in [6, 6.07) is 12.6. The Morgan fingerprint density at radius 2 is 1.96 bits per heavy atom. The molecule has 6 nitrogen and oxygen atoms in total. The van der Waals surface area contributed by atoms with Crippen LogP contribution in [0.5, 0.6) is 0 Å². The smallest absolute Gasteiger partial charge is 0.240 e. The van der Waals surface area contributed by atoms with E-state index in [4.69, 9.17) is 0 Å². The quantitative estimate of drug-likeness (QED) is 0.871. The van der Waals surface area contributed by atoms with Gasteiger partial charge in [-0.2, -0.15) is 4.31 Å². The highest BCUT2D eigenvalue weighted by Gasteiger charge is 2.18. The van der Waals surface area contributed by atoms with Crippen LogP contribution in [0.2, 0.25) is 0 Å². The lowest BCUT2D eigenvalue weighted by molar-refractivity contribution is -0.116. The molecule has 1 N–H and O–H groups in total. The maximum Gasteiger partial charge on any atom is 0.240 e. The van der Waals surface area contributed by atoms with Gasteiger partial charge >= 0.3 is 0 Å². The van der Waals surface area contributed by atoms with Crippen molar-refractivity contribution >= 4 is 27.8 Å². The molecule has 0 spiro atoms. The molecule has 1 amide bonds. The topological polar surface area (TPSA) is 79.4 Å². The summed E-state index contributed by atoms with van der Waals surface area (Å²) in [5.74, 6) is -0.0575. The van der Waals surface area contributed by atoms with Crippen molar-refractivity contribution in [1.82, 2.24) is 9.29 Å². The van der Waals surface area contributed by atoms with Gasteiger partial charge in [0.05, 0.1) is 6.54 Å². The number of nitrogens with zero attached hydrogens (tertiary/aromatic N) is 2. The highest BCUT2D eigenvalue weighted by Crippen LogP contribution is 2.08. The molecule has 7 heteroatoms. The van der Waals surface area contributed by atoms with E-state index in [9.17, 15) is 13.2 Å². The number of benzene rings is 1. The van der Waals surface area contributed by atoms with Crippen LogP contribution in [0.15, 0.2) is 54.1 Å². The number of aryl methyl sites for hydroxylation is 1. The Hall–Kier alpha value is -2.51. The second-order valence-electron chi connectivity index (χ2n) is 5.28. The number of carbonyl (C=O) groups excluding carboxylic acids is 1. The Bertz CT molecular complexity index is 833. The zero-order valence-electron chi connectivity index (χ0n) is 13.5. The van der Waals surface area contributed by atoms with Crippen LogP contribution in [0.25, 0.3) is 6.08 Å². The van der Waals surface area contributed by atoms with Gasteiger partial charge in [-0.3, -0.25) is 4.79 Å². The SMILES string of the molecule is Cc1ccnc(NC(=O)CN(C)S(=O)(=O)/C=C/c2ccccc2)c1. The van der Waals surface area contributed by atoms with Crippen LogP contribution in [0.1, 0.15) is 11.1 Å². The van der Waals surface area contributed by atoms with Gasteiger partial charge in [0.1, 0.15) is 5.82 Å². The summed E-state index contributed by atoms with van der Waals surface area (Å²) in [4.78, 5) is 16.0. The van der Waals surface area contributed by atoms with E-state index < -0.39 is 15.9 Å². The predicted molar refractivity (Wildman–Crippen MR) is 94.6 cm³/mol. The van der Waals surface area contributed by atoms with Crippen LogP contribution in [0, 0.1) is 6.92 Å². The molecule has 0 bridgehead atoms. The molecule has 24 heavy (non-hydrogen) atoms. The van der Waals surface area contributed by atoms with E-state index in [-0.39, 0.29) is 6.54 Å². The van der Waals surface area contributed by atoms with Gasteiger partial charge in [0.25, 0.3) is 0 Å². The van der Waals surface area contributed by atoms with Gasteiger partial charge in [-0.1, -0.05) is 30.3 Å². The number of pyridine rings is 1. The number of anilines is 1. The van der Waals surface area contributed by atoms with Crippen LogP contribution in [0.4, 0.5) is 5.82 Å². The summed E-state index contributed by atoms with van der Waals surface area (Å²) in [5, 5.41) is 3.66. The van der Waals surface area contributed by atoms with Gasteiger partial charge in [-0.15, -0.1) is 0 Å². The zero-order chi connectivity index (χ0) is 17.6. The number of carbonyl (C=O) groups is 1. The van der Waals surface area contributed by atoms with E-state index >= 15 is 0 Å². The van der Waals surface area contributed by atoms with E-state index in [2.05, 4.69) is 10.3 Å². The molecule has 0 aliphatic carbocycles. The van der Waals surface area contributed by atoms with Gasteiger partial charge in [0, 0.05) is 18.7 Å². The first-order valence-corrected chi connectivity index (χ1v) is 8.79. The van der Waals surface area contributed by atoms with Crippen LogP contribution in [-0.4, -0.2) is 37.2 Å². The second kappa shape index (κ2) is 7.85. The number of hydrogen-bond donors (Lipinski definition) is 1. The molecule has 1 heterocycles. The van der Waals surface area contributed by atoms with Crippen molar-refractivity contribution < 1.29 is 13.2 Å². The van der Waals surface area contributed by atoms with Gasteiger partial charge < -0.3 is 5.32 Å². The second-order valence-corrected chi connectivity index (χ2v) is 7.21. The summed E-state index contributed by atoms with van der Waals surface area (Å²) in [5.41, 5.74) is 1.72. The lowest BCUT2D eigenvalue weighted by Gasteiger charge is -2.14. The fourth-order valence-electron chi connectivity index (χ4n) is 1.91. The van der Waals surface area contributed by atoms with E-state index in [0.29, 0.717) is 5.82 Å². The molecule has 1 aromatic heterocycles. The first-order valence-electron chi connectivity index (χ1n) is 7.29. The molecule has 0 saturated heterocycles. The molecule has 2 rings (SSSR count). The summed E-state index contributed by atoms with van der Waals surface area (Å²) >= 11 is 0. The number of rotatable bonds is 6. The first kappa shape index (κ1) is 17.8. The third kappa shape index (κ3) is 5.29. The molecule has 2 aromatic rings. The van der Waals surface area contributed by atoms with Crippen molar-refractivity contribution in [3.05, 3.63) is 65.2 Å². The Morgan fingerprint density at radius 3 is 2.62 bits per heavy atom. The first-order chi connectivity index (χ1) is 11.4. The van der Waals surface area contributed by atoms with E-state index in [0.717, 1.165) is 20.8 Å². The average Bonchev–Trinajstić information content (AvgIpc) is 2.54. The Kier molecular flexibility index (Phi) is 5.83. The van der Waals surface area contributed by atoms with Gasteiger partial charge in [0.2, 0.25) is 15.9 Å². The molecule has 126 valence electrons. The average molecular weight is 345 g/mol. The fourth-order valence-corrected chi connectivity index (χ4v) is 2.75. The van der Waals surface area contributed by atoms with E-state index in [1.54, 1.807) is 30.5 Å². The third-order valence-corrected chi connectivity index (χ3v) is 4.69. The minimum absolute atomic E-state index is 0.295. The van der Waals surface area contributed by atoms with Gasteiger partial charge in [-0.05, 0) is 36.3 Å². The number of likely N-dealkylation sites (N-methyl/N-ethyl adjacent to an activating group) is 1. The number of aromatic nitrogens is 1. The van der Waals surface area contributed by atoms with Crippen LogP contribution in [-0.2, 0) is 14.8 Å². The maximum absolute atomic E-state index is 12.2. The maximum atomic E-state index is 12.2. The van der Waals surface area contributed by atoms with E-state index in [1.807, 2.05) is 25.1 Å². The summed E-state index contributed by atoms with van der Waals surface area (Å²) < 4.78 is 25.4. The highest BCUT2D eigenvalue weighted by atomic mass is 32.2. The molecule has 0 saturated carbocycles. The molecule has 0 aliphatic rings. The van der Waals surface area contributed by atoms with Gasteiger partial charge in [-0.25, -0.2) is 13.4 Å². The Morgan fingerprint density at radius 1 is 1.25 bits per heavy atom. The lowest BCUT2D eigenvalue weighted by atomic mass is 10.2. The number of hydrogen-bond acceptors (Lipinski definition) is 4. The summed E-state index contributed by atoms with van der Waals surface area (Å²) in [6.07, 6.45) is 3.07. The standard InChI is InChI=1S/C17H19N3O3S/c1-14-8-10-18-16(12-14)19-17(21)13-20(2)24(22,23)11-9-15-6-4-3-5-7-15/h3-12H,13H2,1-2H3,(H,18,19,21)/b11-9+. The normalized spacial score (nSPS) is 11.8. The molecule has 0 fully saturated rings. The zero-order valence-corrected chi connectivity index (χ0v) is 14.3. The van der Waals surface area contributed by atoms with Crippen LogP contribution in [0.3, 0.4) is 0 Å². The lowest BCUT2D eigenvalue weighted by Crippen LogP contribution is -2.33. The molecule has 1 aromatic carbocycles. The molecule has 0 aliphatic heterocycles. The van der Waals surface area contributed by atoms with Crippen molar-refractivity contribution in [3.63, 3.8) is 0 Å². The van der Waals surface area contributed by atoms with Crippen molar-refractivity contribution in [2.75, 3.05) is 18.9 Å². The third-order valence-electron chi connectivity index (χ3n) is 3.22. The van der Waals surface area contributed by atoms with Gasteiger partial charge in [0.15, 0.2) is 0 Å². The van der Waals surface area contributed by atoms with Crippen molar-refractivity contribution in [3.8, 4) is 0 Å². The van der Waals surface area contributed by atoms with Crippen molar-refractivity contribution in [2.45, 2.75) is 6.92 Å². The van der Waals surface area contributed by atoms with Crippen molar-refractivity contribution in [1.29, 1.82) is 0 Å². The van der Waals surface area contributed by atoms with Crippen LogP contribution < -0.4 is 5.32 Å².